The van der Waals surface area contributed by atoms with E-state index in [0.717, 1.165) is 27.9 Å². The Morgan fingerprint density at radius 3 is 1.68 bits per heavy atom. The van der Waals surface area contributed by atoms with Gasteiger partial charge in [0.2, 0.25) is 17.3 Å². The average Bonchev–Trinajstić information content (AvgIpc) is 3.75. The molecule has 2 heterocycles. The van der Waals surface area contributed by atoms with Gasteiger partial charge >= 0.3 is 0 Å². The number of aliphatic hydroxyl groups is 4. The van der Waals surface area contributed by atoms with Crippen molar-refractivity contribution in [2.24, 2.45) is 15.0 Å². The number of hydrogen-bond donors (Lipinski definition) is 10. The molecule has 10 N–H and O–H groups in total. The fraction of sp³-hybridized carbons (Fsp3) is 0.0377. The van der Waals surface area contributed by atoms with E-state index in [2.05, 4.69) is 11.6 Å². The molecule has 338 valence electrons. The number of benzene rings is 7. The minimum absolute atomic E-state index is 0.0459. The van der Waals surface area contributed by atoms with Crippen molar-refractivity contribution in [1.82, 2.24) is 4.57 Å². The summed E-state index contributed by atoms with van der Waals surface area (Å²) in [4.78, 5) is 15.2. The lowest BCUT2D eigenvalue weighted by atomic mass is 9.99. The highest BCUT2D eigenvalue weighted by Crippen LogP contribution is 2.58. The number of allylic oxidation sites excluding steroid dienone is 1. The molecule has 0 saturated heterocycles. The lowest BCUT2D eigenvalue weighted by molar-refractivity contribution is 0.258. The maximum Gasteiger partial charge on any atom is 0.206 e. The Balaban J connectivity index is 1.36. The monoisotopic (exact) mass is 907 g/mol. The summed E-state index contributed by atoms with van der Waals surface area (Å²) in [7, 11) is 1.56. The third kappa shape index (κ3) is 7.35. The van der Waals surface area contributed by atoms with Crippen LogP contribution < -0.4 is 4.90 Å². The molecule has 68 heavy (non-hydrogen) atoms. The third-order valence-electron chi connectivity index (χ3n) is 11.6. The van der Waals surface area contributed by atoms with E-state index in [1.54, 1.807) is 61.6 Å². The van der Waals surface area contributed by atoms with Crippen LogP contribution in [0, 0.1) is 0 Å². The van der Waals surface area contributed by atoms with Crippen molar-refractivity contribution in [3.8, 4) is 62.4 Å². The summed E-state index contributed by atoms with van der Waals surface area (Å²) in [5.41, 5.74) is 2.98. The Hall–Kier alpha value is -9.63. The Morgan fingerprint density at radius 1 is 0.515 bits per heavy atom. The van der Waals surface area contributed by atoms with Crippen molar-refractivity contribution < 1.29 is 51.1 Å². The SMILES string of the molecule is C=C1/C(O)=C(O)\C(O)=C(\O)Cc2c(O)c(O)c3c4c(O)c(O)c(O)c(O)c4n(-c4cccc(-c5ccccc5)c4)c3c2N1C=NC(=NC(=NC)c1ccc(-c2ccccc2)cc1)c1ccccc1. The molecule has 15 heteroatoms. The predicted molar refractivity (Wildman–Crippen MR) is 262 cm³/mol. The number of rotatable bonds is 6. The molecule has 0 fully saturated rings. The number of aromatic nitrogens is 1. The Morgan fingerprint density at radius 2 is 1.04 bits per heavy atom. The molecule has 1 aliphatic rings. The molecular formula is C53H41N5O10. The van der Waals surface area contributed by atoms with E-state index >= 15 is 0 Å². The van der Waals surface area contributed by atoms with E-state index in [9.17, 15) is 51.1 Å². The quantitative estimate of drug-likeness (QED) is 0.0325. The lowest BCUT2D eigenvalue weighted by Gasteiger charge is -2.27. The largest absolute Gasteiger partial charge is 0.508 e. The summed E-state index contributed by atoms with van der Waals surface area (Å²) in [6.45, 7) is 4.03. The van der Waals surface area contributed by atoms with Crippen molar-refractivity contribution in [3.63, 3.8) is 0 Å². The van der Waals surface area contributed by atoms with Gasteiger partial charge in [0.05, 0.1) is 27.7 Å². The normalized spacial score (nSPS) is 16.0. The summed E-state index contributed by atoms with van der Waals surface area (Å²) in [6, 6.07) is 42.1. The number of nitrogens with zero attached hydrogens (tertiary/aromatic N) is 5. The Kier molecular flexibility index (Phi) is 11.2. The maximum atomic E-state index is 12.0. The minimum atomic E-state index is -1.21. The maximum absolute atomic E-state index is 12.0. The van der Waals surface area contributed by atoms with Gasteiger partial charge in [-0.1, -0.05) is 134 Å². The summed E-state index contributed by atoms with van der Waals surface area (Å²) in [5, 5.41) is 114. The molecule has 7 aromatic carbocycles. The van der Waals surface area contributed by atoms with E-state index in [-0.39, 0.29) is 39.6 Å². The second-order valence-corrected chi connectivity index (χ2v) is 15.6. The van der Waals surface area contributed by atoms with Gasteiger partial charge in [-0.05, 0) is 34.4 Å². The van der Waals surface area contributed by atoms with Crippen LogP contribution in [-0.2, 0) is 6.42 Å². The standard InChI is InChI=1S/C53H41N5O10/c1-28-43(60)49(66)45(62)37(59)26-36-40(57(28)27-55-53(32-17-10-5-11-18-32)56-52(54-2)33-23-21-31(22-24-33)29-13-6-3-7-14-29)41-38(46(63)44(36)61)39-42(48(65)51(68)50(67)47(39)64)58(41)35-20-12-19-34(25-35)30-15-8-4-9-16-30/h3-25,27,59-68H,1,26H2,2H3/b45-37-,49-43-,54-52?,55-27?,56-53?. The molecule has 0 aliphatic carbocycles. The highest BCUT2D eigenvalue weighted by atomic mass is 16.4. The lowest BCUT2D eigenvalue weighted by Crippen LogP contribution is -2.25. The average molecular weight is 908 g/mol. The van der Waals surface area contributed by atoms with Gasteiger partial charge in [-0.2, -0.15) is 0 Å². The van der Waals surface area contributed by atoms with Gasteiger partial charge in [-0.15, -0.1) is 0 Å². The van der Waals surface area contributed by atoms with Crippen LogP contribution in [0.3, 0.4) is 0 Å². The van der Waals surface area contributed by atoms with Crippen LogP contribution in [0.1, 0.15) is 16.7 Å². The fourth-order valence-corrected chi connectivity index (χ4v) is 8.26. The van der Waals surface area contributed by atoms with E-state index < -0.39 is 80.4 Å². The van der Waals surface area contributed by atoms with Gasteiger partial charge in [-0.25, -0.2) is 9.98 Å². The molecule has 0 saturated carbocycles. The number of aliphatic imine (C=N–C) groups is 3. The number of amidine groups is 2. The van der Waals surface area contributed by atoms with Crippen molar-refractivity contribution in [3.05, 3.63) is 192 Å². The smallest absolute Gasteiger partial charge is 0.206 e. The molecule has 0 radical (unpaired) electrons. The highest BCUT2D eigenvalue weighted by molar-refractivity contribution is 6.24. The van der Waals surface area contributed by atoms with Crippen LogP contribution in [0.15, 0.2) is 190 Å². The Bertz CT molecular complexity index is 3490. The minimum Gasteiger partial charge on any atom is -0.508 e. The zero-order valence-electron chi connectivity index (χ0n) is 36.0. The van der Waals surface area contributed by atoms with Gasteiger partial charge in [0.15, 0.2) is 46.2 Å². The fourth-order valence-electron chi connectivity index (χ4n) is 8.26. The zero-order valence-corrected chi connectivity index (χ0v) is 36.0. The zero-order chi connectivity index (χ0) is 48.0. The second-order valence-electron chi connectivity index (χ2n) is 15.6. The molecule has 8 aromatic rings. The van der Waals surface area contributed by atoms with Gasteiger partial charge in [0.1, 0.15) is 17.6 Å². The molecule has 0 amide bonds. The van der Waals surface area contributed by atoms with Crippen LogP contribution >= 0.6 is 0 Å². The van der Waals surface area contributed by atoms with Crippen LogP contribution in [0.25, 0.3) is 49.7 Å². The van der Waals surface area contributed by atoms with E-state index in [1.165, 1.54) is 4.57 Å². The molecule has 0 spiro atoms. The first-order valence-corrected chi connectivity index (χ1v) is 20.9. The Labute approximate surface area is 387 Å². The topological polar surface area (TPSA) is 248 Å². The van der Waals surface area contributed by atoms with Gasteiger partial charge in [0.25, 0.3) is 0 Å². The number of fused-ring (bicyclic) bond motifs is 5. The first-order valence-electron chi connectivity index (χ1n) is 20.9. The van der Waals surface area contributed by atoms with Crippen molar-refractivity contribution in [2.45, 2.75) is 6.42 Å². The van der Waals surface area contributed by atoms with Crippen LogP contribution in [-0.4, -0.2) is 80.7 Å². The number of hydrogen-bond acceptors (Lipinski definition) is 11. The third-order valence-corrected chi connectivity index (χ3v) is 11.6. The van der Waals surface area contributed by atoms with Crippen LogP contribution in [0.4, 0.5) is 5.69 Å². The van der Waals surface area contributed by atoms with E-state index in [0.29, 0.717) is 16.7 Å². The molecule has 9 rings (SSSR count). The predicted octanol–water partition coefficient (Wildman–Crippen LogP) is 10.4. The molecule has 1 aromatic heterocycles. The van der Waals surface area contributed by atoms with E-state index in [4.69, 9.17) is 9.98 Å². The highest BCUT2D eigenvalue weighted by Gasteiger charge is 2.36. The van der Waals surface area contributed by atoms with Crippen LogP contribution in [0.5, 0.6) is 34.5 Å². The first-order chi connectivity index (χ1) is 32.8. The van der Waals surface area contributed by atoms with Crippen LogP contribution in [0.2, 0.25) is 0 Å². The molecule has 1 aliphatic heterocycles. The summed E-state index contributed by atoms with van der Waals surface area (Å²) in [6.07, 6.45) is 0.283. The summed E-state index contributed by atoms with van der Waals surface area (Å²) in [5.74, 6) is -10.3. The summed E-state index contributed by atoms with van der Waals surface area (Å²) >= 11 is 0. The van der Waals surface area contributed by atoms with Crippen molar-refractivity contribution in [2.75, 3.05) is 11.9 Å². The van der Waals surface area contributed by atoms with Crippen molar-refractivity contribution in [1.29, 1.82) is 0 Å². The van der Waals surface area contributed by atoms with Gasteiger partial charge in [0, 0.05) is 35.8 Å². The number of phenolic OH excluding ortho intramolecular Hbond substituents is 6. The molecular weight excluding hydrogens is 867 g/mol. The summed E-state index contributed by atoms with van der Waals surface area (Å²) < 4.78 is 1.31. The van der Waals surface area contributed by atoms with Gasteiger partial charge in [-0.3, -0.25) is 9.89 Å². The molecule has 0 unspecified atom stereocenters. The number of anilines is 1. The molecule has 0 bridgehead atoms. The van der Waals surface area contributed by atoms with Crippen molar-refractivity contribution >= 4 is 45.5 Å². The second kappa shape index (κ2) is 17.4. The van der Waals surface area contributed by atoms with Gasteiger partial charge < -0.3 is 55.6 Å². The van der Waals surface area contributed by atoms with E-state index in [1.807, 2.05) is 84.9 Å². The number of phenols is 6. The first kappa shape index (κ1) is 43.6. The number of aliphatic hydroxyl groups excluding tert-OH is 4. The molecule has 0 atom stereocenters. The molecule has 15 nitrogen and oxygen atoms in total. The number of aromatic hydroxyl groups is 6.